The van der Waals surface area contributed by atoms with E-state index in [2.05, 4.69) is 9.72 Å². The number of halogens is 4. The fourth-order valence-corrected chi connectivity index (χ4v) is 2.24. The third-order valence-corrected chi connectivity index (χ3v) is 3.39. The number of nitrogens with zero attached hydrogens (tertiary/aromatic N) is 2. The summed E-state index contributed by atoms with van der Waals surface area (Å²) in [4.78, 5) is 15.1. The van der Waals surface area contributed by atoms with Gasteiger partial charge in [-0.05, 0) is 24.1 Å². The molecular weight excluding hydrogens is 316 g/mol. The molecule has 0 N–H and O–H groups in total. The number of benzene rings is 1. The fraction of sp³-hybridized carbons (Fsp3) is 0.333. The molecule has 124 valence electrons. The molecule has 1 aromatic carbocycles. The molecule has 8 heteroatoms. The van der Waals surface area contributed by atoms with E-state index in [1.54, 1.807) is 6.92 Å². The molecule has 2 rings (SSSR count). The highest BCUT2D eigenvalue weighted by molar-refractivity contribution is 5.91. The molecule has 0 unspecified atom stereocenters. The Balaban J connectivity index is 2.61. The Hall–Kier alpha value is -2.38. The van der Waals surface area contributed by atoms with E-state index in [1.807, 2.05) is 0 Å². The van der Waals surface area contributed by atoms with E-state index in [9.17, 15) is 22.4 Å². The number of hydrogen-bond donors (Lipinski definition) is 0. The Morgan fingerprint density at radius 2 is 2.00 bits per heavy atom. The quantitative estimate of drug-likeness (QED) is 0.638. The lowest BCUT2D eigenvalue weighted by Crippen LogP contribution is -2.08. The van der Waals surface area contributed by atoms with Crippen molar-refractivity contribution in [3.8, 4) is 11.4 Å². The standard InChI is InChI=1S/C15H14F4N2O2/c1-4-8-5-10(11(16)6-9(8)14(22)23-3)13-20-12(7-21(13)2)15(17,18)19/h5-7H,4H2,1-3H3. The maximum absolute atomic E-state index is 14.3. The summed E-state index contributed by atoms with van der Waals surface area (Å²) in [5.41, 5.74) is -0.705. The molecular formula is C15H14F4N2O2. The maximum Gasteiger partial charge on any atom is 0.434 e. The van der Waals surface area contributed by atoms with Crippen molar-refractivity contribution in [2.24, 2.45) is 7.05 Å². The molecule has 0 fully saturated rings. The van der Waals surface area contributed by atoms with E-state index in [0.29, 0.717) is 12.0 Å². The molecule has 0 atom stereocenters. The van der Waals surface area contributed by atoms with Gasteiger partial charge in [0.25, 0.3) is 0 Å². The third kappa shape index (κ3) is 3.20. The second-order valence-corrected chi connectivity index (χ2v) is 4.89. The highest BCUT2D eigenvalue weighted by Crippen LogP contribution is 2.32. The lowest BCUT2D eigenvalue weighted by atomic mass is 10.0. The molecule has 0 spiro atoms. The largest absolute Gasteiger partial charge is 0.465 e. The van der Waals surface area contributed by atoms with Crippen molar-refractivity contribution in [1.82, 2.24) is 9.55 Å². The zero-order chi connectivity index (χ0) is 17.4. The van der Waals surface area contributed by atoms with Gasteiger partial charge in [0.1, 0.15) is 11.6 Å². The normalized spacial score (nSPS) is 11.6. The molecule has 0 saturated heterocycles. The number of rotatable bonds is 3. The van der Waals surface area contributed by atoms with Gasteiger partial charge in [-0.25, -0.2) is 14.2 Å². The predicted molar refractivity (Wildman–Crippen MR) is 74.3 cm³/mol. The van der Waals surface area contributed by atoms with Gasteiger partial charge in [-0.1, -0.05) is 6.92 Å². The van der Waals surface area contributed by atoms with Crippen molar-refractivity contribution in [2.45, 2.75) is 19.5 Å². The Kier molecular flexibility index (Phi) is 4.44. The van der Waals surface area contributed by atoms with Crippen molar-refractivity contribution in [1.29, 1.82) is 0 Å². The zero-order valence-electron chi connectivity index (χ0n) is 12.7. The van der Waals surface area contributed by atoms with Crippen molar-refractivity contribution in [3.05, 3.63) is 41.0 Å². The molecule has 23 heavy (non-hydrogen) atoms. The van der Waals surface area contributed by atoms with Gasteiger partial charge in [-0.2, -0.15) is 13.2 Å². The van der Waals surface area contributed by atoms with Crippen LogP contribution in [0.5, 0.6) is 0 Å². The zero-order valence-corrected chi connectivity index (χ0v) is 12.7. The monoisotopic (exact) mass is 330 g/mol. The van der Waals surface area contributed by atoms with E-state index in [1.165, 1.54) is 20.2 Å². The van der Waals surface area contributed by atoms with Crippen LogP contribution in [0, 0.1) is 5.82 Å². The number of methoxy groups -OCH3 is 1. The highest BCUT2D eigenvalue weighted by Gasteiger charge is 2.35. The first-order valence-electron chi connectivity index (χ1n) is 6.70. The summed E-state index contributed by atoms with van der Waals surface area (Å²) in [5, 5.41) is 0. The topological polar surface area (TPSA) is 44.1 Å². The maximum atomic E-state index is 14.3. The molecule has 0 radical (unpaired) electrons. The van der Waals surface area contributed by atoms with Crippen LogP contribution in [0.3, 0.4) is 0 Å². The molecule has 1 heterocycles. The minimum absolute atomic E-state index is 0.0431. The number of carbonyl (C=O) groups excluding carboxylic acids is 1. The Morgan fingerprint density at radius 3 is 2.48 bits per heavy atom. The van der Waals surface area contributed by atoms with Crippen LogP contribution < -0.4 is 0 Å². The van der Waals surface area contributed by atoms with Crippen LogP contribution in [0.4, 0.5) is 17.6 Å². The molecule has 0 saturated carbocycles. The van der Waals surface area contributed by atoms with Crippen LogP contribution in [-0.4, -0.2) is 22.6 Å². The lowest BCUT2D eigenvalue weighted by molar-refractivity contribution is -0.140. The molecule has 0 aliphatic heterocycles. The fourth-order valence-electron chi connectivity index (χ4n) is 2.24. The number of esters is 1. The van der Waals surface area contributed by atoms with Crippen LogP contribution in [0.25, 0.3) is 11.4 Å². The second-order valence-electron chi connectivity index (χ2n) is 4.89. The second kappa shape index (κ2) is 6.02. The van der Waals surface area contributed by atoms with Gasteiger partial charge in [0.2, 0.25) is 0 Å². The van der Waals surface area contributed by atoms with Crippen LogP contribution in [0.1, 0.15) is 28.5 Å². The van der Waals surface area contributed by atoms with Gasteiger partial charge in [-0.3, -0.25) is 0 Å². The minimum atomic E-state index is -4.62. The first kappa shape index (κ1) is 17.0. The van der Waals surface area contributed by atoms with Gasteiger partial charge in [0, 0.05) is 13.2 Å². The van der Waals surface area contributed by atoms with E-state index in [-0.39, 0.29) is 17.0 Å². The van der Waals surface area contributed by atoms with Crippen LogP contribution in [0.2, 0.25) is 0 Å². The third-order valence-electron chi connectivity index (χ3n) is 3.39. The van der Waals surface area contributed by atoms with Crippen LogP contribution in [-0.2, 0) is 24.4 Å². The van der Waals surface area contributed by atoms with Crippen molar-refractivity contribution in [2.75, 3.05) is 7.11 Å². The lowest BCUT2D eigenvalue weighted by Gasteiger charge is -2.10. The van der Waals surface area contributed by atoms with Gasteiger partial charge in [0.15, 0.2) is 5.69 Å². The van der Waals surface area contributed by atoms with E-state index in [4.69, 9.17) is 0 Å². The van der Waals surface area contributed by atoms with Crippen molar-refractivity contribution >= 4 is 5.97 Å². The van der Waals surface area contributed by atoms with E-state index >= 15 is 0 Å². The Morgan fingerprint density at radius 1 is 1.35 bits per heavy atom. The Labute approximate surface area is 129 Å². The molecule has 0 amide bonds. The minimum Gasteiger partial charge on any atom is -0.465 e. The number of aromatic nitrogens is 2. The van der Waals surface area contributed by atoms with Crippen molar-refractivity contribution in [3.63, 3.8) is 0 Å². The SMILES string of the molecule is CCc1cc(-c2nc(C(F)(F)F)cn2C)c(F)cc1C(=O)OC. The van der Waals surface area contributed by atoms with Gasteiger partial charge >= 0.3 is 12.1 Å². The summed E-state index contributed by atoms with van der Waals surface area (Å²) in [5.74, 6) is -1.71. The van der Waals surface area contributed by atoms with Crippen LogP contribution >= 0.6 is 0 Å². The molecule has 0 aliphatic carbocycles. The average molecular weight is 330 g/mol. The Bertz CT molecular complexity index is 751. The smallest absolute Gasteiger partial charge is 0.434 e. The first-order valence-corrected chi connectivity index (χ1v) is 6.70. The van der Waals surface area contributed by atoms with Crippen LogP contribution in [0.15, 0.2) is 18.3 Å². The number of alkyl halides is 3. The molecule has 1 aromatic heterocycles. The summed E-state index contributed by atoms with van der Waals surface area (Å²) in [6.07, 6.45) is -3.45. The number of imidazole rings is 1. The number of hydrogen-bond acceptors (Lipinski definition) is 3. The van der Waals surface area contributed by atoms with E-state index < -0.39 is 23.7 Å². The summed E-state index contributed by atoms with van der Waals surface area (Å²) in [6.45, 7) is 1.74. The summed E-state index contributed by atoms with van der Waals surface area (Å²) < 4.78 is 58.1. The van der Waals surface area contributed by atoms with Crippen molar-refractivity contribution < 1.29 is 27.1 Å². The molecule has 2 aromatic rings. The van der Waals surface area contributed by atoms with E-state index in [0.717, 1.165) is 16.8 Å². The molecule has 4 nitrogen and oxygen atoms in total. The van der Waals surface area contributed by atoms with Gasteiger partial charge in [0.05, 0.1) is 18.2 Å². The predicted octanol–water partition coefficient (Wildman–Crippen LogP) is 3.59. The summed E-state index contributed by atoms with van der Waals surface area (Å²) in [7, 11) is 2.51. The molecule has 0 bridgehead atoms. The average Bonchev–Trinajstić information content (AvgIpc) is 2.88. The first-order chi connectivity index (χ1) is 10.7. The van der Waals surface area contributed by atoms with Gasteiger partial charge in [-0.15, -0.1) is 0 Å². The van der Waals surface area contributed by atoms with Gasteiger partial charge < -0.3 is 9.30 Å². The summed E-state index contributed by atoms with van der Waals surface area (Å²) in [6, 6.07) is 2.28. The summed E-state index contributed by atoms with van der Waals surface area (Å²) >= 11 is 0. The number of carbonyl (C=O) groups is 1. The highest BCUT2D eigenvalue weighted by atomic mass is 19.4. The number of aryl methyl sites for hydroxylation is 2. The number of ether oxygens (including phenoxy) is 1. The molecule has 0 aliphatic rings.